The molecule has 0 unspecified atom stereocenters. The molecule has 1 saturated carbocycles. The number of nitrogens with two attached hydrogens (primary N) is 2. The van der Waals surface area contributed by atoms with E-state index in [9.17, 15) is 9.90 Å². The smallest absolute Gasteiger partial charge is 0.218 e. The van der Waals surface area contributed by atoms with E-state index in [1.165, 1.54) is 12.5 Å². The van der Waals surface area contributed by atoms with Crippen LogP contribution in [0.4, 0.5) is 5.82 Å². The van der Waals surface area contributed by atoms with Gasteiger partial charge in [-0.05, 0) is 30.2 Å². The lowest BCUT2D eigenvalue weighted by Gasteiger charge is -2.20. The number of ketones is 1. The zero-order valence-corrected chi connectivity index (χ0v) is 19.9. The highest BCUT2D eigenvalue weighted by Gasteiger charge is 2.41. The quantitative estimate of drug-likeness (QED) is 0.181. The minimum Gasteiger partial charge on any atom is -0.391 e. The monoisotopic (exact) mass is 533 g/mol. The summed E-state index contributed by atoms with van der Waals surface area (Å²) in [6.45, 7) is 0.807. The predicted octanol–water partition coefficient (Wildman–Crippen LogP) is 1.74. The molecule has 0 spiro atoms. The number of aliphatic hydroxyl groups is 1. The van der Waals surface area contributed by atoms with Gasteiger partial charge in [-0.3, -0.25) is 14.6 Å². The fraction of sp³-hybridized carbons (Fsp3) is 0.333. The third-order valence-electron chi connectivity index (χ3n) is 5.63. The molecule has 0 aliphatic heterocycles. The van der Waals surface area contributed by atoms with Crippen molar-refractivity contribution in [2.75, 3.05) is 11.9 Å². The van der Waals surface area contributed by atoms with Crippen molar-refractivity contribution < 1.29 is 14.1 Å². The van der Waals surface area contributed by atoms with Gasteiger partial charge in [-0.1, -0.05) is 28.1 Å². The zero-order valence-electron chi connectivity index (χ0n) is 17.5. The normalized spacial score (nSPS) is 22.4. The van der Waals surface area contributed by atoms with Gasteiger partial charge in [-0.25, -0.2) is 9.97 Å². The zero-order chi connectivity index (χ0) is 23.4. The molecule has 33 heavy (non-hydrogen) atoms. The molecular formula is C21H24BrN7O3S. The van der Waals surface area contributed by atoms with E-state index in [4.69, 9.17) is 15.1 Å². The summed E-state index contributed by atoms with van der Waals surface area (Å²) in [6, 6.07) is 8.71. The minimum absolute atomic E-state index is 0.178. The summed E-state index contributed by atoms with van der Waals surface area (Å²) in [5.74, 6) is -0.139. The molecular weight excluding hydrogens is 510 g/mol. The van der Waals surface area contributed by atoms with Crippen molar-refractivity contribution in [2.24, 2.45) is 16.8 Å². The molecule has 0 bridgehead atoms. The van der Waals surface area contributed by atoms with Crippen LogP contribution in [0.2, 0.25) is 0 Å². The first-order valence-electron chi connectivity index (χ1n) is 10.3. The highest BCUT2D eigenvalue weighted by Crippen LogP contribution is 2.29. The Bertz CT molecular complexity index is 1110. The predicted molar refractivity (Wildman–Crippen MR) is 128 cm³/mol. The summed E-state index contributed by atoms with van der Waals surface area (Å²) >= 11 is 4.21. The van der Waals surface area contributed by atoms with Crippen molar-refractivity contribution in [3.8, 4) is 0 Å². The number of carbonyl (C=O) groups is 1. The molecule has 0 radical (unpaired) electrons. The number of nitrogens with zero attached hydrogens (tertiary/aromatic N) is 4. The number of hydrogen-bond donors (Lipinski definition) is 4. The number of hydrogen-bond acceptors (Lipinski definition) is 10. The lowest BCUT2D eigenvalue weighted by molar-refractivity contribution is 0.0934. The van der Waals surface area contributed by atoms with Crippen molar-refractivity contribution in [3.05, 3.63) is 70.3 Å². The number of carbonyl (C=O) groups excluding carboxylic acids is 1. The van der Waals surface area contributed by atoms with Crippen LogP contribution in [0.1, 0.15) is 28.0 Å². The Kier molecular flexibility index (Phi) is 7.73. The van der Waals surface area contributed by atoms with Crippen LogP contribution in [0.3, 0.4) is 0 Å². The van der Waals surface area contributed by atoms with Crippen LogP contribution in [0, 0.1) is 5.92 Å². The summed E-state index contributed by atoms with van der Waals surface area (Å²) in [5, 5.41) is 23.4. The van der Waals surface area contributed by atoms with Crippen LogP contribution in [0.15, 0.2) is 53.5 Å². The second-order valence-electron chi connectivity index (χ2n) is 7.84. The van der Waals surface area contributed by atoms with E-state index in [2.05, 4.69) is 36.3 Å². The molecule has 0 saturated heterocycles. The van der Waals surface area contributed by atoms with Crippen molar-refractivity contribution in [1.82, 2.24) is 19.7 Å². The van der Waals surface area contributed by atoms with Gasteiger partial charge in [0, 0.05) is 28.8 Å². The van der Waals surface area contributed by atoms with Gasteiger partial charge in [0.2, 0.25) is 5.78 Å². The Balaban J connectivity index is 1.48. The molecule has 2 heterocycles. The van der Waals surface area contributed by atoms with Gasteiger partial charge in [0.15, 0.2) is 0 Å². The number of aliphatic hydroxyl groups excluding tert-OH is 1. The standard InChI is InChI=1S/C21H24BrN7O3S/c22-14-3-1-2-12(6-14)9-29-5-4-16(28-29)20(31)15-8-25-11-26-21(15)27-17-7-13(10-32-33-24)19(30)18(17)23/h1-6,8,11,13,17-19,30H,7,9-10,23-24H2,(H,25,26,27)/t13-,17-,18+,19-/m1/s1. The molecule has 4 rings (SSSR count). The van der Waals surface area contributed by atoms with Gasteiger partial charge >= 0.3 is 0 Å². The van der Waals surface area contributed by atoms with E-state index < -0.39 is 12.1 Å². The van der Waals surface area contributed by atoms with Gasteiger partial charge in [0.25, 0.3) is 0 Å². The molecule has 1 fully saturated rings. The molecule has 174 valence electrons. The summed E-state index contributed by atoms with van der Waals surface area (Å²) in [7, 11) is 0. The molecule has 1 aliphatic rings. The maximum atomic E-state index is 13.2. The molecule has 12 heteroatoms. The Morgan fingerprint density at radius 3 is 3.03 bits per heavy atom. The number of halogens is 1. The van der Waals surface area contributed by atoms with E-state index in [0.29, 0.717) is 18.8 Å². The Morgan fingerprint density at radius 2 is 2.24 bits per heavy atom. The van der Waals surface area contributed by atoms with Crippen molar-refractivity contribution in [3.63, 3.8) is 0 Å². The first kappa shape index (κ1) is 23.8. The maximum Gasteiger partial charge on any atom is 0.218 e. The number of benzene rings is 1. The van der Waals surface area contributed by atoms with Crippen LogP contribution < -0.4 is 16.2 Å². The molecule has 0 amide bonds. The summed E-state index contributed by atoms with van der Waals surface area (Å²) in [5.41, 5.74) is 7.82. The second-order valence-corrected chi connectivity index (χ2v) is 9.18. The van der Waals surface area contributed by atoms with Crippen LogP contribution in [-0.2, 0) is 10.7 Å². The van der Waals surface area contributed by atoms with E-state index in [1.54, 1.807) is 16.9 Å². The fourth-order valence-corrected chi connectivity index (χ4v) is 4.64. The van der Waals surface area contributed by atoms with Crippen molar-refractivity contribution in [2.45, 2.75) is 31.2 Å². The topological polar surface area (TPSA) is 154 Å². The number of aromatic nitrogens is 4. The number of anilines is 1. The number of nitrogens with one attached hydrogen (secondary N) is 1. The van der Waals surface area contributed by atoms with E-state index in [1.807, 2.05) is 24.3 Å². The highest BCUT2D eigenvalue weighted by atomic mass is 79.9. The average molecular weight is 534 g/mol. The summed E-state index contributed by atoms with van der Waals surface area (Å²) < 4.78 is 7.85. The maximum absolute atomic E-state index is 13.2. The van der Waals surface area contributed by atoms with E-state index in [0.717, 1.165) is 22.3 Å². The Morgan fingerprint density at radius 1 is 1.39 bits per heavy atom. The summed E-state index contributed by atoms with van der Waals surface area (Å²) in [6.07, 6.45) is 4.35. The molecule has 3 aromatic rings. The Labute approximate surface area is 203 Å². The van der Waals surface area contributed by atoms with Gasteiger partial charge in [0.1, 0.15) is 17.8 Å². The third kappa shape index (κ3) is 5.60. The van der Waals surface area contributed by atoms with Crippen LogP contribution in [0.5, 0.6) is 0 Å². The lowest BCUT2D eigenvalue weighted by atomic mass is 10.1. The van der Waals surface area contributed by atoms with Crippen molar-refractivity contribution in [1.29, 1.82) is 0 Å². The van der Waals surface area contributed by atoms with Crippen molar-refractivity contribution >= 4 is 39.8 Å². The molecule has 6 N–H and O–H groups in total. The van der Waals surface area contributed by atoms with Gasteiger partial charge in [-0.15, -0.1) is 0 Å². The van der Waals surface area contributed by atoms with E-state index >= 15 is 0 Å². The van der Waals surface area contributed by atoms with Crippen LogP contribution in [-0.4, -0.2) is 55.4 Å². The molecule has 4 atom stereocenters. The van der Waals surface area contributed by atoms with Gasteiger partial charge < -0.3 is 20.3 Å². The molecule has 2 aromatic heterocycles. The molecule has 10 nitrogen and oxygen atoms in total. The lowest BCUT2D eigenvalue weighted by Crippen LogP contribution is -2.43. The molecule has 1 aliphatic carbocycles. The highest BCUT2D eigenvalue weighted by molar-refractivity contribution is 9.10. The average Bonchev–Trinajstić information content (AvgIpc) is 3.38. The first-order valence-corrected chi connectivity index (χ1v) is 11.9. The number of rotatable bonds is 9. The fourth-order valence-electron chi connectivity index (χ4n) is 3.94. The van der Waals surface area contributed by atoms with Gasteiger partial charge in [-0.2, -0.15) is 5.10 Å². The minimum atomic E-state index is -0.760. The molecule has 1 aromatic carbocycles. The largest absolute Gasteiger partial charge is 0.391 e. The van der Waals surface area contributed by atoms with E-state index in [-0.39, 0.29) is 35.6 Å². The van der Waals surface area contributed by atoms with Crippen LogP contribution >= 0.6 is 28.2 Å². The first-order chi connectivity index (χ1) is 16.0. The SMILES string of the molecule is NSOC[C@H]1C[C@@H](Nc2ncncc2C(=O)c2ccn(Cc3cccc(Br)c3)n2)[C@H](N)[C@@H]1O. The van der Waals surface area contributed by atoms with Crippen LogP contribution in [0.25, 0.3) is 0 Å². The Hall–Kier alpha value is -2.35. The summed E-state index contributed by atoms with van der Waals surface area (Å²) in [4.78, 5) is 21.4. The second kappa shape index (κ2) is 10.7. The van der Waals surface area contributed by atoms with Gasteiger partial charge in [0.05, 0.1) is 43.1 Å². The third-order valence-corrected chi connectivity index (χ3v) is 6.40.